The third-order valence-electron chi connectivity index (χ3n) is 4.51. The van der Waals surface area contributed by atoms with Crippen molar-refractivity contribution < 1.29 is 18.8 Å². The summed E-state index contributed by atoms with van der Waals surface area (Å²) < 4.78 is 10.6. The van der Waals surface area contributed by atoms with Crippen LogP contribution in [0.1, 0.15) is 34.6 Å². The predicted octanol–water partition coefficient (Wildman–Crippen LogP) is 3.77. The fourth-order valence-corrected chi connectivity index (χ4v) is 3.59. The third kappa shape index (κ3) is 5.27. The van der Waals surface area contributed by atoms with E-state index in [1.807, 2.05) is 37.3 Å². The number of nitrogens with one attached hydrogen (secondary N) is 1. The van der Waals surface area contributed by atoms with Crippen molar-refractivity contribution in [1.29, 1.82) is 0 Å². The molecule has 1 N–H and O–H groups in total. The highest BCUT2D eigenvalue weighted by molar-refractivity contribution is 8.00. The maximum absolute atomic E-state index is 12.6. The molecule has 1 aliphatic rings. The Balaban J connectivity index is 1.35. The van der Waals surface area contributed by atoms with E-state index in [1.165, 1.54) is 11.8 Å². The Morgan fingerprint density at radius 1 is 1.17 bits per heavy atom. The summed E-state index contributed by atoms with van der Waals surface area (Å²) in [6, 6.07) is 15.1. The Kier molecular flexibility index (Phi) is 6.13. The van der Waals surface area contributed by atoms with Crippen LogP contribution in [0.15, 0.2) is 57.9 Å². The van der Waals surface area contributed by atoms with Crippen LogP contribution in [-0.4, -0.2) is 33.8 Å². The van der Waals surface area contributed by atoms with Gasteiger partial charge in [-0.25, -0.2) is 4.79 Å². The first-order valence-electron chi connectivity index (χ1n) is 9.66. The van der Waals surface area contributed by atoms with Gasteiger partial charge in [-0.2, -0.15) is 4.98 Å². The highest BCUT2D eigenvalue weighted by Crippen LogP contribution is 2.25. The number of hydrogen-bond acceptors (Lipinski definition) is 7. The average molecular weight is 423 g/mol. The van der Waals surface area contributed by atoms with Crippen LogP contribution in [0.2, 0.25) is 0 Å². The van der Waals surface area contributed by atoms with Crippen molar-refractivity contribution in [2.24, 2.45) is 0 Å². The van der Waals surface area contributed by atoms with Gasteiger partial charge < -0.3 is 14.6 Å². The summed E-state index contributed by atoms with van der Waals surface area (Å²) in [5.41, 5.74) is 2.34. The molecule has 30 heavy (non-hydrogen) atoms. The van der Waals surface area contributed by atoms with E-state index in [9.17, 15) is 9.59 Å². The van der Waals surface area contributed by atoms with Gasteiger partial charge in [0.05, 0.1) is 11.3 Å². The highest BCUT2D eigenvalue weighted by atomic mass is 32.2. The topological polar surface area (TPSA) is 94.3 Å². The minimum absolute atomic E-state index is 0.0268. The lowest BCUT2D eigenvalue weighted by molar-refractivity contribution is -0.118. The fraction of sp³-hybridized carbons (Fsp3) is 0.273. The van der Waals surface area contributed by atoms with Gasteiger partial charge in [-0.15, -0.1) is 11.8 Å². The molecule has 1 fully saturated rings. The molecule has 1 aromatic heterocycles. The van der Waals surface area contributed by atoms with Gasteiger partial charge in [0, 0.05) is 16.5 Å². The van der Waals surface area contributed by atoms with Gasteiger partial charge in [0.25, 0.3) is 5.89 Å². The van der Waals surface area contributed by atoms with Crippen LogP contribution in [0, 0.1) is 6.92 Å². The van der Waals surface area contributed by atoms with Gasteiger partial charge in [-0.1, -0.05) is 35.0 Å². The molecule has 0 saturated heterocycles. The molecule has 0 unspecified atom stereocenters. The summed E-state index contributed by atoms with van der Waals surface area (Å²) >= 11 is 1.31. The molecule has 7 nitrogen and oxygen atoms in total. The second-order valence-electron chi connectivity index (χ2n) is 7.08. The van der Waals surface area contributed by atoms with E-state index in [0.29, 0.717) is 22.4 Å². The number of ether oxygens (including phenoxy) is 1. The predicted molar refractivity (Wildman–Crippen MR) is 112 cm³/mol. The Hall–Kier alpha value is -3.13. The standard InChI is InChI=1S/C22H21N3O4S/c1-14-6-8-15(9-7-14)21-24-19(25-29-21)12-28-22(27)17-4-2-3-5-18(17)30-13-20(26)23-16-10-11-16/h2-9,16H,10-13H2,1H3,(H,23,26). The number of aromatic nitrogens is 2. The Morgan fingerprint density at radius 3 is 2.70 bits per heavy atom. The second-order valence-corrected chi connectivity index (χ2v) is 8.10. The Morgan fingerprint density at radius 2 is 1.93 bits per heavy atom. The van der Waals surface area contributed by atoms with Gasteiger partial charge in [-0.05, 0) is 44.0 Å². The van der Waals surface area contributed by atoms with Crippen molar-refractivity contribution in [3.63, 3.8) is 0 Å². The van der Waals surface area contributed by atoms with Gasteiger partial charge >= 0.3 is 5.97 Å². The van der Waals surface area contributed by atoms with E-state index < -0.39 is 5.97 Å². The average Bonchev–Trinajstić information content (AvgIpc) is 3.44. The highest BCUT2D eigenvalue weighted by Gasteiger charge is 2.23. The summed E-state index contributed by atoms with van der Waals surface area (Å²) in [7, 11) is 0. The van der Waals surface area contributed by atoms with Crippen LogP contribution in [0.3, 0.4) is 0 Å². The normalized spacial score (nSPS) is 13.1. The molecule has 0 aliphatic heterocycles. The van der Waals surface area contributed by atoms with E-state index >= 15 is 0 Å². The SMILES string of the molecule is Cc1ccc(-c2nc(COC(=O)c3ccccc3SCC(=O)NC3CC3)no2)cc1. The van der Waals surface area contributed by atoms with Crippen LogP contribution >= 0.6 is 11.8 Å². The zero-order chi connectivity index (χ0) is 20.9. The second kappa shape index (κ2) is 9.13. The fourth-order valence-electron chi connectivity index (χ4n) is 2.74. The van der Waals surface area contributed by atoms with Crippen molar-refractivity contribution in [3.8, 4) is 11.5 Å². The number of carbonyl (C=O) groups is 2. The minimum Gasteiger partial charge on any atom is -0.454 e. The van der Waals surface area contributed by atoms with Crippen molar-refractivity contribution in [3.05, 3.63) is 65.5 Å². The van der Waals surface area contributed by atoms with E-state index in [0.717, 1.165) is 24.0 Å². The number of aryl methyl sites for hydroxylation is 1. The maximum atomic E-state index is 12.6. The van der Waals surface area contributed by atoms with Crippen LogP contribution < -0.4 is 5.32 Å². The quantitative estimate of drug-likeness (QED) is 0.435. The number of amides is 1. The number of thioether (sulfide) groups is 1. The number of rotatable bonds is 8. The maximum Gasteiger partial charge on any atom is 0.339 e. The molecular formula is C22H21N3O4S. The first kappa shape index (κ1) is 20.2. The van der Waals surface area contributed by atoms with Crippen molar-refractivity contribution in [2.45, 2.75) is 37.3 Å². The molecule has 0 atom stereocenters. The minimum atomic E-state index is -0.498. The largest absolute Gasteiger partial charge is 0.454 e. The van der Waals surface area contributed by atoms with E-state index in [4.69, 9.17) is 9.26 Å². The summed E-state index contributed by atoms with van der Waals surface area (Å²) in [6.45, 7) is 1.90. The van der Waals surface area contributed by atoms with E-state index in [-0.39, 0.29) is 24.1 Å². The number of benzene rings is 2. The summed E-state index contributed by atoms with van der Waals surface area (Å²) in [5, 5.41) is 6.81. The molecule has 1 heterocycles. The zero-order valence-electron chi connectivity index (χ0n) is 16.5. The zero-order valence-corrected chi connectivity index (χ0v) is 17.3. The van der Waals surface area contributed by atoms with Crippen molar-refractivity contribution in [1.82, 2.24) is 15.5 Å². The van der Waals surface area contributed by atoms with Crippen LogP contribution in [0.4, 0.5) is 0 Å². The van der Waals surface area contributed by atoms with Crippen molar-refractivity contribution >= 4 is 23.6 Å². The number of carbonyl (C=O) groups excluding carboxylic acids is 2. The first-order valence-corrected chi connectivity index (χ1v) is 10.6. The molecule has 8 heteroatoms. The Labute approximate surface area is 178 Å². The van der Waals surface area contributed by atoms with Gasteiger partial charge in [0.2, 0.25) is 11.7 Å². The molecule has 0 bridgehead atoms. The van der Waals surface area contributed by atoms with Crippen LogP contribution in [-0.2, 0) is 16.1 Å². The molecule has 1 amide bonds. The lowest BCUT2D eigenvalue weighted by atomic mass is 10.1. The molecule has 1 saturated carbocycles. The summed E-state index contributed by atoms with van der Waals surface area (Å²) in [5.74, 6) is 0.390. The third-order valence-corrected chi connectivity index (χ3v) is 5.58. The first-order chi connectivity index (χ1) is 14.6. The van der Waals surface area contributed by atoms with Gasteiger partial charge in [0.15, 0.2) is 6.61 Å². The smallest absolute Gasteiger partial charge is 0.339 e. The molecule has 3 aromatic rings. The molecule has 0 radical (unpaired) electrons. The molecular weight excluding hydrogens is 402 g/mol. The van der Waals surface area contributed by atoms with Crippen LogP contribution in [0.5, 0.6) is 0 Å². The lowest BCUT2D eigenvalue weighted by Crippen LogP contribution is -2.27. The number of hydrogen-bond donors (Lipinski definition) is 1. The van der Waals surface area contributed by atoms with Crippen molar-refractivity contribution in [2.75, 3.05) is 5.75 Å². The molecule has 154 valence electrons. The van der Waals surface area contributed by atoms with E-state index in [2.05, 4.69) is 15.5 Å². The molecule has 2 aromatic carbocycles. The summed E-state index contributed by atoms with van der Waals surface area (Å²) in [4.78, 5) is 29.5. The number of esters is 1. The molecule has 4 rings (SSSR count). The Bertz CT molecular complexity index is 1040. The number of nitrogens with zero attached hydrogens (tertiary/aromatic N) is 2. The van der Waals surface area contributed by atoms with Gasteiger partial charge in [0.1, 0.15) is 0 Å². The molecule has 1 aliphatic carbocycles. The monoisotopic (exact) mass is 423 g/mol. The van der Waals surface area contributed by atoms with Gasteiger partial charge in [-0.3, -0.25) is 4.79 Å². The lowest BCUT2D eigenvalue weighted by Gasteiger charge is -2.08. The summed E-state index contributed by atoms with van der Waals surface area (Å²) in [6.07, 6.45) is 2.09. The van der Waals surface area contributed by atoms with E-state index in [1.54, 1.807) is 18.2 Å². The molecule has 0 spiro atoms. The van der Waals surface area contributed by atoms with Crippen LogP contribution in [0.25, 0.3) is 11.5 Å².